The second kappa shape index (κ2) is 3.32. The van der Waals surface area contributed by atoms with E-state index in [0.29, 0.717) is 12.8 Å². The lowest BCUT2D eigenvalue weighted by Crippen LogP contribution is -2.51. The molecular weight excluding hydrogens is 240 g/mol. The Hall–Kier alpha value is -1.43. The number of rotatable bonds is 2. The van der Waals surface area contributed by atoms with Crippen LogP contribution in [-0.4, -0.2) is 36.2 Å². The lowest BCUT2D eigenvalue weighted by atomic mass is 9.64. The fourth-order valence-electron chi connectivity index (χ4n) is 3.49. The Balaban J connectivity index is 2.06. The Kier molecular flexibility index (Phi) is 2.15. The highest BCUT2D eigenvalue weighted by atomic mass is 16.6. The van der Waals surface area contributed by atoms with Crippen molar-refractivity contribution in [2.24, 2.45) is 11.3 Å². The van der Waals surface area contributed by atoms with Crippen molar-refractivity contribution in [2.75, 3.05) is 6.61 Å². The molecule has 0 saturated carbocycles. The molecule has 0 unspecified atom stereocenters. The molecule has 0 radical (unpaired) electrons. The van der Waals surface area contributed by atoms with Gasteiger partial charge in [0, 0.05) is 0 Å². The number of hydrogen-bond acceptors (Lipinski definition) is 6. The van der Waals surface area contributed by atoms with E-state index in [1.807, 2.05) is 0 Å². The van der Waals surface area contributed by atoms with Crippen molar-refractivity contribution in [3.63, 3.8) is 0 Å². The first kappa shape index (κ1) is 11.6. The van der Waals surface area contributed by atoms with E-state index in [0.717, 1.165) is 0 Å². The highest BCUT2D eigenvalue weighted by Crippen LogP contribution is 2.61. The van der Waals surface area contributed by atoms with Crippen LogP contribution >= 0.6 is 0 Å². The molecule has 2 bridgehead atoms. The standard InChI is InChI=1S/C12H14O6/c1-3-16-10(15)12-5-4-6(18-12)11(2)7(12)8(13)17-9(11)14/h6-7H,3-5H2,1-2H3/t6-,7-,11-,12+/m0/s1. The normalized spacial score (nSPS) is 45.0. The number of carbonyl (C=O) groups excluding carboxylic acids is 3. The summed E-state index contributed by atoms with van der Waals surface area (Å²) in [5.74, 6) is -2.69. The molecular formula is C12H14O6. The highest BCUT2D eigenvalue weighted by molar-refractivity contribution is 6.04. The molecule has 3 heterocycles. The van der Waals surface area contributed by atoms with Gasteiger partial charge in [0.2, 0.25) is 0 Å². The molecule has 0 spiro atoms. The molecule has 6 nitrogen and oxygen atoms in total. The lowest BCUT2D eigenvalue weighted by Gasteiger charge is -2.31. The van der Waals surface area contributed by atoms with E-state index >= 15 is 0 Å². The zero-order valence-electron chi connectivity index (χ0n) is 10.2. The van der Waals surface area contributed by atoms with Gasteiger partial charge in [-0.25, -0.2) is 4.79 Å². The molecule has 0 amide bonds. The fraction of sp³-hybridized carbons (Fsp3) is 0.750. The minimum atomic E-state index is -1.32. The average molecular weight is 254 g/mol. The molecule has 0 aromatic rings. The van der Waals surface area contributed by atoms with Gasteiger partial charge in [-0.05, 0) is 26.7 Å². The zero-order valence-corrected chi connectivity index (χ0v) is 10.2. The molecule has 98 valence electrons. The van der Waals surface area contributed by atoms with E-state index in [1.165, 1.54) is 0 Å². The molecule has 0 N–H and O–H groups in total. The number of hydrogen-bond donors (Lipinski definition) is 0. The molecule has 0 aromatic carbocycles. The number of esters is 3. The van der Waals surface area contributed by atoms with Gasteiger partial charge in [0.15, 0.2) is 5.60 Å². The molecule has 6 heteroatoms. The van der Waals surface area contributed by atoms with E-state index in [-0.39, 0.29) is 6.61 Å². The zero-order chi connectivity index (χ0) is 13.1. The van der Waals surface area contributed by atoms with Crippen molar-refractivity contribution in [1.29, 1.82) is 0 Å². The molecule has 3 aliphatic rings. The fourth-order valence-corrected chi connectivity index (χ4v) is 3.49. The minimum absolute atomic E-state index is 0.209. The van der Waals surface area contributed by atoms with Crippen LogP contribution in [0.2, 0.25) is 0 Å². The van der Waals surface area contributed by atoms with Crippen LogP contribution in [0.15, 0.2) is 0 Å². The summed E-state index contributed by atoms with van der Waals surface area (Å²) in [5.41, 5.74) is -2.36. The molecule has 3 rings (SSSR count). The Morgan fingerprint density at radius 1 is 1.50 bits per heavy atom. The Morgan fingerprint density at radius 3 is 2.89 bits per heavy atom. The predicted octanol–water partition coefficient (Wildman–Crippen LogP) is 0.187. The van der Waals surface area contributed by atoms with Crippen LogP contribution in [0.25, 0.3) is 0 Å². The summed E-state index contributed by atoms with van der Waals surface area (Å²) in [4.78, 5) is 35.8. The van der Waals surface area contributed by atoms with Crippen molar-refractivity contribution in [3.8, 4) is 0 Å². The minimum Gasteiger partial charge on any atom is -0.464 e. The van der Waals surface area contributed by atoms with Gasteiger partial charge in [0.25, 0.3) is 0 Å². The summed E-state index contributed by atoms with van der Waals surface area (Å²) in [6.45, 7) is 3.53. The number of fused-ring (bicyclic) bond motifs is 5. The van der Waals surface area contributed by atoms with E-state index in [1.54, 1.807) is 13.8 Å². The molecule has 3 saturated heterocycles. The number of cyclic esters (lactones) is 2. The lowest BCUT2D eigenvalue weighted by molar-refractivity contribution is -0.175. The molecule has 3 aliphatic heterocycles. The Labute approximate surface area is 104 Å². The van der Waals surface area contributed by atoms with Crippen molar-refractivity contribution in [3.05, 3.63) is 0 Å². The first-order valence-electron chi connectivity index (χ1n) is 6.08. The van der Waals surface area contributed by atoms with Crippen LogP contribution in [0, 0.1) is 11.3 Å². The third-order valence-electron chi connectivity index (χ3n) is 4.36. The van der Waals surface area contributed by atoms with Crippen molar-refractivity contribution >= 4 is 17.9 Å². The summed E-state index contributed by atoms with van der Waals surface area (Å²) in [5, 5.41) is 0. The molecule has 18 heavy (non-hydrogen) atoms. The largest absolute Gasteiger partial charge is 0.464 e. The van der Waals surface area contributed by atoms with Crippen molar-refractivity contribution < 1.29 is 28.6 Å². The van der Waals surface area contributed by atoms with E-state index in [2.05, 4.69) is 0 Å². The first-order valence-corrected chi connectivity index (χ1v) is 6.08. The smallest absolute Gasteiger partial charge is 0.339 e. The first-order chi connectivity index (χ1) is 8.46. The van der Waals surface area contributed by atoms with Crippen LogP contribution in [0.5, 0.6) is 0 Å². The van der Waals surface area contributed by atoms with E-state index in [9.17, 15) is 14.4 Å². The maximum atomic E-state index is 12.1. The maximum Gasteiger partial charge on any atom is 0.339 e. The van der Waals surface area contributed by atoms with Gasteiger partial charge in [0.1, 0.15) is 11.3 Å². The SMILES string of the molecule is CCOC(=O)[C@]12CC[C@H](O1)[C@]1(C)C(=O)OC(=O)[C@@H]12. The molecule has 0 aliphatic carbocycles. The van der Waals surface area contributed by atoms with Crippen molar-refractivity contribution in [1.82, 2.24) is 0 Å². The maximum absolute atomic E-state index is 12.1. The van der Waals surface area contributed by atoms with Crippen LogP contribution in [-0.2, 0) is 28.6 Å². The summed E-state index contributed by atoms with van der Waals surface area (Å²) >= 11 is 0. The summed E-state index contributed by atoms with van der Waals surface area (Å²) < 4.78 is 15.4. The third-order valence-corrected chi connectivity index (χ3v) is 4.36. The summed E-state index contributed by atoms with van der Waals surface area (Å²) in [6.07, 6.45) is 0.527. The summed E-state index contributed by atoms with van der Waals surface area (Å²) in [7, 11) is 0. The predicted molar refractivity (Wildman–Crippen MR) is 56.2 cm³/mol. The Morgan fingerprint density at radius 2 is 2.22 bits per heavy atom. The van der Waals surface area contributed by atoms with E-state index in [4.69, 9.17) is 14.2 Å². The van der Waals surface area contributed by atoms with Gasteiger partial charge in [-0.3, -0.25) is 9.59 Å². The monoisotopic (exact) mass is 254 g/mol. The summed E-state index contributed by atoms with van der Waals surface area (Å²) in [6, 6.07) is 0. The van der Waals surface area contributed by atoms with Gasteiger partial charge >= 0.3 is 17.9 Å². The van der Waals surface area contributed by atoms with Gasteiger partial charge in [0.05, 0.1) is 12.7 Å². The van der Waals surface area contributed by atoms with Gasteiger partial charge < -0.3 is 14.2 Å². The average Bonchev–Trinajstić information content (AvgIpc) is 2.91. The van der Waals surface area contributed by atoms with Crippen LogP contribution in [0.3, 0.4) is 0 Å². The number of ether oxygens (including phenoxy) is 3. The van der Waals surface area contributed by atoms with Gasteiger partial charge in [-0.2, -0.15) is 0 Å². The van der Waals surface area contributed by atoms with Crippen LogP contribution in [0.1, 0.15) is 26.7 Å². The van der Waals surface area contributed by atoms with Gasteiger partial charge in [-0.15, -0.1) is 0 Å². The quantitative estimate of drug-likeness (QED) is 0.517. The molecule has 4 atom stereocenters. The van der Waals surface area contributed by atoms with Crippen LogP contribution < -0.4 is 0 Å². The third kappa shape index (κ3) is 1.05. The molecule has 0 aromatic heterocycles. The van der Waals surface area contributed by atoms with Crippen LogP contribution in [0.4, 0.5) is 0 Å². The molecule has 3 fully saturated rings. The second-order valence-electron chi connectivity index (χ2n) is 5.18. The topological polar surface area (TPSA) is 78.9 Å². The van der Waals surface area contributed by atoms with E-state index < -0.39 is 40.9 Å². The second-order valence-corrected chi connectivity index (χ2v) is 5.18. The number of carbonyl (C=O) groups is 3. The van der Waals surface area contributed by atoms with Gasteiger partial charge in [-0.1, -0.05) is 0 Å². The Bertz CT molecular complexity index is 457. The highest BCUT2D eigenvalue weighted by Gasteiger charge is 2.78. The van der Waals surface area contributed by atoms with Crippen molar-refractivity contribution in [2.45, 2.75) is 38.4 Å².